The predicted molar refractivity (Wildman–Crippen MR) is 80.4 cm³/mol. The molecule has 0 amide bonds. The zero-order valence-electron chi connectivity index (χ0n) is 11.5. The Kier molecular flexibility index (Phi) is 4.82. The van der Waals surface area contributed by atoms with Gasteiger partial charge in [-0.2, -0.15) is 11.3 Å². The third-order valence-corrected chi connectivity index (χ3v) is 4.31. The van der Waals surface area contributed by atoms with Gasteiger partial charge in [0.1, 0.15) is 5.60 Å². The molecular formula is C14H23N3OS. The Hall–Kier alpha value is -1.07. The fourth-order valence-electron chi connectivity index (χ4n) is 2.30. The topological polar surface area (TPSA) is 61.9 Å². The molecule has 1 fully saturated rings. The lowest BCUT2D eigenvalue weighted by Crippen LogP contribution is -2.39. The van der Waals surface area contributed by atoms with Gasteiger partial charge in [-0.25, -0.2) is 4.99 Å². The van der Waals surface area contributed by atoms with Crippen LogP contribution in [-0.2, 0) is 5.60 Å². The van der Waals surface area contributed by atoms with E-state index >= 15 is 0 Å². The van der Waals surface area contributed by atoms with E-state index in [0.29, 0.717) is 12.5 Å². The quantitative estimate of drug-likeness (QED) is 0.659. The van der Waals surface area contributed by atoms with E-state index in [0.717, 1.165) is 18.7 Å². The molecule has 1 atom stereocenters. The first kappa shape index (κ1) is 14.3. The van der Waals surface area contributed by atoms with Crippen molar-refractivity contribution in [1.82, 2.24) is 4.90 Å². The summed E-state index contributed by atoms with van der Waals surface area (Å²) in [4.78, 5) is 6.53. The van der Waals surface area contributed by atoms with Gasteiger partial charge in [-0.05, 0) is 42.2 Å². The number of hydrogen-bond donors (Lipinski definition) is 2. The van der Waals surface area contributed by atoms with Gasteiger partial charge >= 0.3 is 0 Å². The van der Waals surface area contributed by atoms with Crippen LogP contribution in [0.15, 0.2) is 21.8 Å². The largest absolute Gasteiger partial charge is 0.383 e. The molecule has 0 aliphatic carbocycles. The maximum Gasteiger partial charge on any atom is 0.191 e. The van der Waals surface area contributed by atoms with Gasteiger partial charge in [0.25, 0.3) is 0 Å². The van der Waals surface area contributed by atoms with Crippen LogP contribution in [0.5, 0.6) is 0 Å². The number of aliphatic hydroxyl groups is 1. The number of likely N-dealkylation sites (tertiary alicyclic amines) is 1. The van der Waals surface area contributed by atoms with Gasteiger partial charge in [-0.1, -0.05) is 12.8 Å². The first-order valence-electron chi connectivity index (χ1n) is 6.89. The molecule has 0 saturated carbocycles. The number of hydrogen-bond acceptors (Lipinski definition) is 3. The van der Waals surface area contributed by atoms with Crippen LogP contribution in [0, 0.1) is 0 Å². The number of aliphatic imine (C=N–C) groups is 1. The lowest BCUT2D eigenvalue weighted by Gasteiger charge is -2.24. The highest BCUT2D eigenvalue weighted by molar-refractivity contribution is 7.08. The first-order valence-corrected chi connectivity index (χ1v) is 7.84. The van der Waals surface area contributed by atoms with Crippen molar-refractivity contribution in [3.05, 3.63) is 22.4 Å². The lowest BCUT2D eigenvalue weighted by atomic mass is 10.00. The van der Waals surface area contributed by atoms with Crippen molar-refractivity contribution in [2.24, 2.45) is 10.7 Å². The van der Waals surface area contributed by atoms with Crippen LogP contribution in [-0.4, -0.2) is 35.6 Å². The van der Waals surface area contributed by atoms with Crippen molar-refractivity contribution in [3.8, 4) is 0 Å². The molecule has 106 valence electrons. The second kappa shape index (κ2) is 6.39. The maximum atomic E-state index is 10.4. The molecule has 0 aromatic carbocycles. The minimum atomic E-state index is -0.934. The van der Waals surface area contributed by atoms with E-state index in [9.17, 15) is 5.11 Å². The van der Waals surface area contributed by atoms with E-state index in [1.807, 2.05) is 16.8 Å². The summed E-state index contributed by atoms with van der Waals surface area (Å²) in [5.41, 5.74) is 6.02. The van der Waals surface area contributed by atoms with Crippen molar-refractivity contribution >= 4 is 17.3 Å². The Morgan fingerprint density at radius 3 is 2.68 bits per heavy atom. The average Bonchev–Trinajstić information content (AvgIpc) is 2.80. The summed E-state index contributed by atoms with van der Waals surface area (Å²) in [6.07, 6.45) is 4.90. The second-order valence-electron chi connectivity index (χ2n) is 5.36. The molecular weight excluding hydrogens is 258 g/mol. The number of rotatable bonds is 3. The van der Waals surface area contributed by atoms with Gasteiger partial charge in [0.15, 0.2) is 5.96 Å². The van der Waals surface area contributed by atoms with Crippen LogP contribution in [0.1, 0.15) is 38.2 Å². The predicted octanol–water partition coefficient (Wildman–Crippen LogP) is 2.15. The molecule has 5 heteroatoms. The summed E-state index contributed by atoms with van der Waals surface area (Å²) in [5, 5.41) is 14.3. The Morgan fingerprint density at radius 1 is 1.42 bits per heavy atom. The van der Waals surface area contributed by atoms with Gasteiger partial charge in [0, 0.05) is 13.1 Å². The molecule has 1 aliphatic rings. The van der Waals surface area contributed by atoms with Crippen LogP contribution in [0.2, 0.25) is 0 Å². The Balaban J connectivity index is 1.97. The number of thiophene rings is 1. The van der Waals surface area contributed by atoms with E-state index in [2.05, 4.69) is 9.89 Å². The van der Waals surface area contributed by atoms with E-state index in [4.69, 9.17) is 5.73 Å². The minimum absolute atomic E-state index is 0.312. The summed E-state index contributed by atoms with van der Waals surface area (Å²) in [6.45, 7) is 4.06. The molecule has 19 heavy (non-hydrogen) atoms. The van der Waals surface area contributed by atoms with Crippen molar-refractivity contribution in [2.75, 3.05) is 19.6 Å². The van der Waals surface area contributed by atoms with Gasteiger partial charge < -0.3 is 15.7 Å². The highest BCUT2D eigenvalue weighted by atomic mass is 32.1. The molecule has 4 nitrogen and oxygen atoms in total. The van der Waals surface area contributed by atoms with Gasteiger partial charge in [0.05, 0.1) is 6.54 Å². The molecule has 1 saturated heterocycles. The standard InChI is InChI=1S/C14H23N3OS/c1-14(18,12-6-9-19-10-12)11-16-13(15)17-7-4-2-3-5-8-17/h6,9-10,18H,2-5,7-8,11H2,1H3,(H2,15,16). The molecule has 0 bridgehead atoms. The van der Waals surface area contributed by atoms with Gasteiger partial charge in [-0.3, -0.25) is 0 Å². The molecule has 2 rings (SSSR count). The molecule has 0 spiro atoms. The number of nitrogens with two attached hydrogens (primary N) is 1. The average molecular weight is 281 g/mol. The third-order valence-electron chi connectivity index (χ3n) is 3.62. The van der Waals surface area contributed by atoms with Crippen molar-refractivity contribution in [3.63, 3.8) is 0 Å². The van der Waals surface area contributed by atoms with Gasteiger partial charge in [0.2, 0.25) is 0 Å². The minimum Gasteiger partial charge on any atom is -0.383 e. The molecule has 0 radical (unpaired) electrons. The highest BCUT2D eigenvalue weighted by Crippen LogP contribution is 2.23. The monoisotopic (exact) mass is 281 g/mol. The zero-order valence-corrected chi connectivity index (χ0v) is 12.3. The van der Waals surface area contributed by atoms with E-state index in [1.54, 1.807) is 18.3 Å². The Labute approximate surface area is 119 Å². The fourth-order valence-corrected chi connectivity index (χ4v) is 3.08. The van der Waals surface area contributed by atoms with Crippen molar-refractivity contribution < 1.29 is 5.11 Å². The number of guanidine groups is 1. The van der Waals surface area contributed by atoms with Crippen LogP contribution in [0.3, 0.4) is 0 Å². The summed E-state index contributed by atoms with van der Waals surface area (Å²) < 4.78 is 0. The summed E-state index contributed by atoms with van der Waals surface area (Å²) >= 11 is 1.58. The number of nitrogens with zero attached hydrogens (tertiary/aromatic N) is 2. The third kappa shape index (κ3) is 3.94. The van der Waals surface area contributed by atoms with E-state index in [-0.39, 0.29) is 0 Å². The van der Waals surface area contributed by atoms with Crippen molar-refractivity contribution in [2.45, 2.75) is 38.2 Å². The normalized spacial score (nSPS) is 20.9. The summed E-state index contributed by atoms with van der Waals surface area (Å²) in [7, 11) is 0. The smallest absolute Gasteiger partial charge is 0.191 e. The molecule has 3 N–H and O–H groups in total. The Bertz CT molecular complexity index is 406. The van der Waals surface area contributed by atoms with E-state index < -0.39 is 5.60 Å². The molecule has 2 heterocycles. The lowest BCUT2D eigenvalue weighted by molar-refractivity contribution is 0.0675. The van der Waals surface area contributed by atoms with Gasteiger partial charge in [-0.15, -0.1) is 0 Å². The maximum absolute atomic E-state index is 10.4. The van der Waals surface area contributed by atoms with Crippen LogP contribution < -0.4 is 5.73 Å². The molecule has 1 aromatic rings. The van der Waals surface area contributed by atoms with Crippen LogP contribution in [0.4, 0.5) is 0 Å². The van der Waals surface area contributed by atoms with Crippen molar-refractivity contribution in [1.29, 1.82) is 0 Å². The Morgan fingerprint density at radius 2 is 2.11 bits per heavy atom. The summed E-state index contributed by atoms with van der Waals surface area (Å²) in [6, 6.07) is 1.93. The first-order chi connectivity index (χ1) is 9.09. The molecule has 1 aliphatic heterocycles. The van der Waals surface area contributed by atoms with Crippen LogP contribution >= 0.6 is 11.3 Å². The van der Waals surface area contributed by atoms with Crippen LogP contribution in [0.25, 0.3) is 0 Å². The zero-order chi connectivity index (χ0) is 13.7. The van der Waals surface area contributed by atoms with E-state index in [1.165, 1.54) is 25.7 Å². The fraction of sp³-hybridized carbons (Fsp3) is 0.643. The second-order valence-corrected chi connectivity index (χ2v) is 6.14. The SMILES string of the molecule is CC(O)(CN=C(N)N1CCCCCC1)c1ccsc1. The summed E-state index contributed by atoms with van der Waals surface area (Å²) in [5.74, 6) is 0.567. The highest BCUT2D eigenvalue weighted by Gasteiger charge is 2.23. The molecule has 1 unspecified atom stereocenters. The molecule has 1 aromatic heterocycles.